The Hall–Kier alpha value is -3.68. The Kier molecular flexibility index (Phi) is 3.05. The predicted molar refractivity (Wildman–Crippen MR) is 139 cm³/mol. The molecular formula is C31H18Si. The lowest BCUT2D eigenvalue weighted by Gasteiger charge is -2.27. The molecule has 0 amide bonds. The maximum atomic E-state index is 2.35. The van der Waals surface area contributed by atoms with Crippen molar-refractivity contribution in [3.05, 3.63) is 96.2 Å². The molecule has 8 rings (SSSR count). The second-order valence-electron chi connectivity index (χ2n) is 9.00. The van der Waals surface area contributed by atoms with Crippen molar-refractivity contribution in [1.29, 1.82) is 0 Å². The molecular weight excluding hydrogens is 400 g/mol. The summed E-state index contributed by atoms with van der Waals surface area (Å²) in [6, 6.07) is 33.6. The quantitative estimate of drug-likeness (QED) is 0.274. The minimum absolute atomic E-state index is 0.730. The number of fused-ring (bicyclic) bond motifs is 3. The Morgan fingerprint density at radius 3 is 2.16 bits per heavy atom. The molecule has 2 bridgehead atoms. The maximum absolute atomic E-state index is 2.35. The van der Waals surface area contributed by atoms with E-state index >= 15 is 0 Å². The minimum atomic E-state index is 0.730. The molecule has 146 valence electrons. The molecule has 0 nitrogen and oxygen atoms in total. The highest BCUT2D eigenvalue weighted by atomic mass is 28.2. The first-order valence-electron chi connectivity index (χ1n) is 11.2. The molecule has 0 aromatic heterocycles. The van der Waals surface area contributed by atoms with Gasteiger partial charge >= 0.3 is 0 Å². The van der Waals surface area contributed by atoms with Gasteiger partial charge in [-0.25, -0.2) is 0 Å². The summed E-state index contributed by atoms with van der Waals surface area (Å²) in [6.45, 7) is 2.35. The van der Waals surface area contributed by atoms with E-state index in [1.165, 1.54) is 75.8 Å². The van der Waals surface area contributed by atoms with Crippen molar-refractivity contribution < 1.29 is 0 Å². The van der Waals surface area contributed by atoms with E-state index in [1.54, 1.807) is 5.19 Å². The summed E-state index contributed by atoms with van der Waals surface area (Å²) in [5.41, 5.74) is 5.67. The zero-order valence-electron chi connectivity index (χ0n) is 17.7. The lowest BCUT2D eigenvalue weighted by Crippen LogP contribution is -2.19. The van der Waals surface area contributed by atoms with Gasteiger partial charge in [-0.3, -0.25) is 0 Å². The van der Waals surface area contributed by atoms with Crippen LogP contribution >= 0.6 is 0 Å². The summed E-state index contributed by atoms with van der Waals surface area (Å²) in [4.78, 5) is 0. The molecule has 0 spiro atoms. The molecule has 0 unspecified atom stereocenters. The van der Waals surface area contributed by atoms with Gasteiger partial charge < -0.3 is 0 Å². The summed E-state index contributed by atoms with van der Waals surface area (Å²) in [6.07, 6.45) is 0. The first kappa shape index (κ1) is 16.9. The van der Waals surface area contributed by atoms with Crippen LogP contribution in [0, 0.1) is 0 Å². The van der Waals surface area contributed by atoms with Crippen LogP contribution in [0.4, 0.5) is 0 Å². The first-order valence-corrected chi connectivity index (χ1v) is 12.2. The molecule has 1 heteroatoms. The van der Waals surface area contributed by atoms with Crippen LogP contribution in [0.1, 0.15) is 6.92 Å². The van der Waals surface area contributed by atoms with Crippen LogP contribution < -0.4 is 10.4 Å². The van der Waals surface area contributed by atoms with Crippen LogP contribution in [0.2, 0.25) is 0 Å². The van der Waals surface area contributed by atoms with Crippen LogP contribution in [-0.4, -0.2) is 9.52 Å². The molecule has 0 saturated carbocycles. The molecule has 32 heavy (non-hydrogen) atoms. The van der Waals surface area contributed by atoms with Gasteiger partial charge in [0.15, 0.2) is 0 Å². The standard InChI is InChI=1S/C31H18Si/c1-17-24-22-15-8-16-23-26(22)29-27(21-14-7-12-18-9-5-6-13-20(18)21)30(24)31(32-17)25(28(23)29)19-10-3-2-4-11-19/h2-16H,1H3. The van der Waals surface area contributed by atoms with E-state index in [-0.39, 0.29) is 0 Å². The Morgan fingerprint density at radius 1 is 0.531 bits per heavy atom. The number of hydrogen-bond acceptors (Lipinski definition) is 0. The molecule has 1 heterocycles. The van der Waals surface area contributed by atoms with Crippen molar-refractivity contribution in [3.63, 3.8) is 0 Å². The molecule has 2 radical (unpaired) electrons. The zero-order chi connectivity index (χ0) is 21.0. The summed E-state index contributed by atoms with van der Waals surface area (Å²) >= 11 is 0. The molecule has 0 fully saturated rings. The van der Waals surface area contributed by atoms with Gasteiger partial charge in [-0.2, -0.15) is 0 Å². The van der Waals surface area contributed by atoms with Crippen molar-refractivity contribution in [3.8, 4) is 22.3 Å². The molecule has 0 N–H and O–H groups in total. The average molecular weight is 419 g/mol. The predicted octanol–water partition coefficient (Wildman–Crippen LogP) is 6.70. The van der Waals surface area contributed by atoms with Gasteiger partial charge in [-0.15, -0.1) is 0 Å². The fraction of sp³-hybridized carbons (Fsp3) is 0.0323. The zero-order valence-corrected chi connectivity index (χ0v) is 18.7. The van der Waals surface area contributed by atoms with Gasteiger partial charge in [0.25, 0.3) is 0 Å². The summed E-state index contributed by atoms with van der Waals surface area (Å²) in [5, 5.41) is 16.0. The number of benzene rings is 6. The van der Waals surface area contributed by atoms with Crippen LogP contribution in [0.5, 0.6) is 0 Å². The third-order valence-corrected chi connectivity index (χ3v) is 8.79. The van der Waals surface area contributed by atoms with E-state index in [9.17, 15) is 0 Å². The highest BCUT2D eigenvalue weighted by Gasteiger charge is 2.32. The highest BCUT2D eigenvalue weighted by molar-refractivity contribution is 6.78. The van der Waals surface area contributed by atoms with Crippen molar-refractivity contribution in [2.24, 2.45) is 0 Å². The minimum Gasteiger partial charge on any atom is -0.0740 e. The fourth-order valence-electron chi connectivity index (χ4n) is 6.20. The van der Waals surface area contributed by atoms with Crippen molar-refractivity contribution in [2.75, 3.05) is 0 Å². The van der Waals surface area contributed by atoms with Crippen molar-refractivity contribution in [2.45, 2.75) is 6.92 Å². The molecule has 1 aliphatic rings. The van der Waals surface area contributed by atoms with Gasteiger partial charge in [-0.1, -0.05) is 96.2 Å². The second-order valence-corrected chi connectivity index (χ2v) is 10.5. The number of rotatable bonds is 2. The first-order chi connectivity index (χ1) is 15.8. The van der Waals surface area contributed by atoms with E-state index in [0.717, 1.165) is 9.52 Å². The lowest BCUT2D eigenvalue weighted by atomic mass is 9.76. The van der Waals surface area contributed by atoms with Crippen LogP contribution in [0.3, 0.4) is 0 Å². The topological polar surface area (TPSA) is 0 Å². The number of hydrogen-bond donors (Lipinski definition) is 0. The second kappa shape index (κ2) is 5.76. The van der Waals surface area contributed by atoms with E-state index in [1.807, 2.05) is 0 Å². The molecule has 0 saturated heterocycles. The van der Waals surface area contributed by atoms with Gasteiger partial charge in [0, 0.05) is 0 Å². The Balaban J connectivity index is 1.67. The highest BCUT2D eigenvalue weighted by Crippen LogP contribution is 2.51. The third-order valence-electron chi connectivity index (χ3n) is 7.41. The van der Waals surface area contributed by atoms with Crippen molar-refractivity contribution >= 4 is 63.0 Å². The molecule has 7 aromatic rings. The Morgan fingerprint density at radius 2 is 1.25 bits per heavy atom. The fourth-order valence-corrected chi connectivity index (χ4v) is 7.73. The van der Waals surface area contributed by atoms with E-state index in [0.29, 0.717) is 0 Å². The lowest BCUT2D eigenvalue weighted by molar-refractivity contribution is 1.67. The maximum Gasteiger partial charge on any atom is 0.118 e. The average Bonchev–Trinajstić information content (AvgIpc) is 3.21. The van der Waals surface area contributed by atoms with E-state index in [2.05, 4.69) is 97.9 Å². The normalized spacial score (nSPS) is 13.6. The SMILES string of the molecule is CC1=c2c3c(c(-c4ccccc4)c4c5cccc2c5c4c3-c2cccc3ccccc23)[Si]1. The summed E-state index contributed by atoms with van der Waals surface area (Å²) in [5.74, 6) is 0. The van der Waals surface area contributed by atoms with E-state index in [4.69, 9.17) is 0 Å². The largest absolute Gasteiger partial charge is 0.118 e. The van der Waals surface area contributed by atoms with Crippen LogP contribution in [-0.2, 0) is 0 Å². The third kappa shape index (κ3) is 1.86. The van der Waals surface area contributed by atoms with Gasteiger partial charge in [0.05, 0.1) is 0 Å². The molecule has 0 atom stereocenters. The molecule has 1 aliphatic heterocycles. The van der Waals surface area contributed by atoms with Gasteiger partial charge in [0.1, 0.15) is 9.52 Å². The van der Waals surface area contributed by atoms with Crippen LogP contribution in [0.15, 0.2) is 91.0 Å². The summed E-state index contributed by atoms with van der Waals surface area (Å²) < 4.78 is 0. The van der Waals surface area contributed by atoms with Gasteiger partial charge in [-0.05, 0) is 82.7 Å². The summed E-state index contributed by atoms with van der Waals surface area (Å²) in [7, 11) is 0.730. The smallest absolute Gasteiger partial charge is 0.0740 e. The Labute approximate surface area is 188 Å². The monoisotopic (exact) mass is 418 g/mol. The van der Waals surface area contributed by atoms with Gasteiger partial charge in [0.2, 0.25) is 0 Å². The Bertz CT molecular complexity index is 1890. The molecule has 0 aliphatic carbocycles. The van der Waals surface area contributed by atoms with Crippen molar-refractivity contribution in [1.82, 2.24) is 0 Å². The van der Waals surface area contributed by atoms with Crippen LogP contribution in [0.25, 0.3) is 70.5 Å². The van der Waals surface area contributed by atoms with E-state index < -0.39 is 0 Å². The molecule has 7 aromatic carbocycles.